The lowest BCUT2D eigenvalue weighted by Gasteiger charge is -2.23. The van der Waals surface area contributed by atoms with Crippen LogP contribution in [0.4, 0.5) is 11.4 Å². The van der Waals surface area contributed by atoms with E-state index in [-0.39, 0.29) is 0 Å². The van der Waals surface area contributed by atoms with Crippen molar-refractivity contribution in [3.05, 3.63) is 81.6 Å². The van der Waals surface area contributed by atoms with Crippen LogP contribution in [-0.4, -0.2) is 60.9 Å². The highest BCUT2D eigenvalue weighted by Gasteiger charge is 2.46. The highest BCUT2D eigenvalue weighted by Crippen LogP contribution is 2.51. The van der Waals surface area contributed by atoms with Gasteiger partial charge < -0.3 is 29.2 Å². The summed E-state index contributed by atoms with van der Waals surface area (Å²) in [6.45, 7) is 8.44. The van der Waals surface area contributed by atoms with Gasteiger partial charge in [-0.3, -0.25) is 4.90 Å². The maximum Gasteiger partial charge on any atom is 0.382 e. The highest BCUT2D eigenvalue weighted by atomic mass is 35.5. The van der Waals surface area contributed by atoms with E-state index in [0.29, 0.717) is 28.0 Å². The number of carboxylic acid groups (broad SMARTS) is 2. The number of hydrogen-bond donors (Lipinski definition) is 2. The van der Waals surface area contributed by atoms with Crippen molar-refractivity contribution in [1.82, 2.24) is 0 Å². The fraction of sp³-hybridized carbons (Fsp3) is 0.217. The smallest absolute Gasteiger partial charge is 0.382 e. The minimum absolute atomic E-state index is 0.537. The molecule has 11 heteroatoms. The SMILES string of the molecule is COc1cc2c(cc1OC)C(C)(C)/C(=C/C=C1\CCCC(/C=C/C3=[N+](C#CC#CC#CC#CC#CC#CC(=O)O)c4cc(OC)c(OC)cc4C3(C)C)=C1Cl)N2C#CC#CC#CC#CC#CC#CC(=O)O. The number of methoxy groups -OCH3 is 4. The first-order chi connectivity index (χ1) is 34.2. The van der Waals surface area contributed by atoms with Gasteiger partial charge in [0, 0.05) is 105 Å². The van der Waals surface area contributed by atoms with Crippen LogP contribution in [-0.2, 0) is 20.4 Å². The Morgan fingerprint density at radius 3 is 1.58 bits per heavy atom. The molecule has 0 radical (unpaired) electrons. The molecule has 2 heterocycles. The van der Waals surface area contributed by atoms with E-state index in [1.165, 1.54) is 0 Å². The van der Waals surface area contributed by atoms with Gasteiger partial charge in [-0.05, 0) is 127 Å². The zero-order chi connectivity index (χ0) is 51.4. The van der Waals surface area contributed by atoms with Crippen molar-refractivity contribution in [2.24, 2.45) is 0 Å². The van der Waals surface area contributed by atoms with Gasteiger partial charge in [-0.25, -0.2) is 9.59 Å². The number of anilines is 1. The van der Waals surface area contributed by atoms with Crippen molar-refractivity contribution in [2.75, 3.05) is 33.3 Å². The Bertz CT molecular complexity index is 3600. The maximum absolute atomic E-state index is 10.5. The number of carboxylic acids is 2. The van der Waals surface area contributed by atoms with Crippen LogP contribution < -0.4 is 23.8 Å². The van der Waals surface area contributed by atoms with Crippen LogP contribution in [0.15, 0.2) is 70.4 Å². The molecule has 0 bridgehead atoms. The van der Waals surface area contributed by atoms with Gasteiger partial charge >= 0.3 is 11.9 Å². The number of benzene rings is 2. The van der Waals surface area contributed by atoms with Crippen LogP contribution in [0.25, 0.3) is 0 Å². The molecule has 2 N–H and O–H groups in total. The molecule has 0 atom stereocenters. The van der Waals surface area contributed by atoms with Crippen molar-refractivity contribution in [3.63, 3.8) is 0 Å². The number of hydrogen-bond acceptors (Lipinski definition) is 7. The predicted molar refractivity (Wildman–Crippen MR) is 273 cm³/mol. The first-order valence-corrected chi connectivity index (χ1v) is 21.6. The molecule has 0 fully saturated rings. The molecular weight excluding hydrogens is 912 g/mol. The second kappa shape index (κ2) is 24.7. The number of aliphatic carboxylic acids is 2. The summed E-state index contributed by atoms with van der Waals surface area (Å²) in [7, 11) is 6.35. The summed E-state index contributed by atoms with van der Waals surface area (Å²) >= 11 is 7.29. The van der Waals surface area contributed by atoms with Crippen molar-refractivity contribution < 1.29 is 43.3 Å². The van der Waals surface area contributed by atoms with Crippen LogP contribution in [0.3, 0.4) is 0 Å². The summed E-state index contributed by atoms with van der Waals surface area (Å²) in [6.07, 6.45) is 10.5. The molecule has 71 heavy (non-hydrogen) atoms. The molecule has 2 aliphatic heterocycles. The normalized spacial score (nSPS) is 14.5. The lowest BCUT2D eigenvalue weighted by Crippen LogP contribution is -2.26. The molecule has 10 nitrogen and oxygen atoms in total. The maximum atomic E-state index is 10.5. The molecule has 2 aromatic carbocycles. The van der Waals surface area contributed by atoms with Crippen LogP contribution in [0.2, 0.25) is 0 Å². The number of fused-ring (bicyclic) bond motifs is 2. The molecule has 5 rings (SSSR count). The minimum Gasteiger partial charge on any atom is -0.493 e. The molecule has 3 aliphatic rings. The highest BCUT2D eigenvalue weighted by molar-refractivity contribution is 6.32. The monoisotopic (exact) mass is 951 g/mol. The molecule has 1 aliphatic carbocycles. The number of allylic oxidation sites excluding steroid dienone is 8. The van der Waals surface area contributed by atoms with Crippen molar-refractivity contribution in [2.45, 2.75) is 57.8 Å². The number of carbonyl (C=O) groups is 2. The van der Waals surface area contributed by atoms with Gasteiger partial charge in [-0.15, -0.1) is 4.58 Å². The van der Waals surface area contributed by atoms with E-state index >= 15 is 0 Å². The lowest BCUT2D eigenvalue weighted by molar-refractivity contribution is -0.332. The zero-order valence-electron chi connectivity index (χ0n) is 39.9. The van der Waals surface area contributed by atoms with Crippen LogP contribution in [0, 0.1) is 142 Å². The van der Waals surface area contributed by atoms with Gasteiger partial charge in [0.05, 0.1) is 51.5 Å². The number of nitrogens with zero attached hydrogens (tertiary/aromatic N) is 2. The van der Waals surface area contributed by atoms with Gasteiger partial charge in [0.1, 0.15) is 0 Å². The molecule has 344 valence electrons. The average Bonchev–Trinajstić information content (AvgIpc) is 3.68. The lowest BCUT2D eigenvalue weighted by atomic mass is 9.81. The number of halogens is 1. The quantitative estimate of drug-likeness (QED) is 0.222. The summed E-state index contributed by atoms with van der Waals surface area (Å²) in [5.41, 5.74) is 6.14. The minimum atomic E-state index is -1.28. The van der Waals surface area contributed by atoms with E-state index in [0.717, 1.165) is 64.3 Å². The third kappa shape index (κ3) is 13.1. The Hall–Kier alpha value is -9.98. The van der Waals surface area contributed by atoms with E-state index < -0.39 is 22.8 Å². The molecule has 0 unspecified atom stereocenters. The summed E-state index contributed by atoms with van der Waals surface area (Å²) < 4.78 is 24.6. The standard InChI is InChI=1S/C60H39ClN2O8/c1-59(2)46-40-50(68-5)52(70-7)42-48(46)62(38-27-23-19-15-11-9-13-17-21-25-32-56(64)65)54(59)36-34-44-30-29-31-45(58(44)61)35-37-55-60(3,4)47-41-51(69-6)53(71-8)43-49(47)63(55)39-28-24-20-16-12-10-14-18-22-26-33-57(66)67/h34-37,40-43H,29-31H2,1-8H3,(H-,64,65,66,67)/p+1. The Labute approximate surface area is 420 Å². The van der Waals surface area contributed by atoms with E-state index in [1.54, 1.807) is 28.4 Å². The Kier molecular flexibility index (Phi) is 18.1. The van der Waals surface area contributed by atoms with Crippen molar-refractivity contribution in [3.8, 4) is 165 Å². The third-order valence-corrected chi connectivity index (χ3v) is 11.2. The second-order valence-corrected chi connectivity index (χ2v) is 16.0. The van der Waals surface area contributed by atoms with E-state index in [9.17, 15) is 9.59 Å². The molecule has 0 saturated carbocycles. The van der Waals surface area contributed by atoms with E-state index in [4.69, 9.17) is 40.8 Å². The molecule has 0 amide bonds. The molecule has 0 saturated heterocycles. The molecule has 0 spiro atoms. The zero-order valence-corrected chi connectivity index (χ0v) is 40.6. The summed E-state index contributed by atoms with van der Waals surface area (Å²) in [6, 6.07) is 14.1. The Balaban J connectivity index is 1.53. The number of rotatable bonds is 7. The second-order valence-electron chi connectivity index (χ2n) is 15.6. The summed E-state index contributed by atoms with van der Waals surface area (Å²) in [5, 5.41) is 17.7. The van der Waals surface area contributed by atoms with E-state index in [1.807, 2.05) is 69.9 Å². The van der Waals surface area contributed by atoms with Gasteiger partial charge in [0.2, 0.25) is 17.4 Å². The summed E-state index contributed by atoms with van der Waals surface area (Å²) in [5.74, 6) is 54.2. The van der Waals surface area contributed by atoms with Crippen molar-refractivity contribution >= 4 is 40.6 Å². The fourth-order valence-corrected chi connectivity index (χ4v) is 7.73. The molecule has 2 aromatic rings. The van der Waals surface area contributed by atoms with Gasteiger partial charge in [-0.2, -0.15) is 0 Å². The fourth-order valence-electron chi connectivity index (χ4n) is 7.41. The van der Waals surface area contributed by atoms with Gasteiger partial charge in [0.15, 0.2) is 23.0 Å². The topological polar surface area (TPSA) is 118 Å². The Morgan fingerprint density at radius 1 is 0.592 bits per heavy atom. The van der Waals surface area contributed by atoms with Crippen molar-refractivity contribution in [1.29, 1.82) is 0 Å². The first kappa shape index (κ1) is 52.0. The van der Waals surface area contributed by atoms with Gasteiger partial charge in [0.25, 0.3) is 0 Å². The average molecular weight is 952 g/mol. The summed E-state index contributed by atoms with van der Waals surface area (Å²) in [4.78, 5) is 22.8. The van der Waals surface area contributed by atoms with Crippen LogP contribution >= 0.6 is 11.6 Å². The molecule has 0 aromatic heterocycles. The Morgan fingerprint density at radius 2 is 1.06 bits per heavy atom. The number of ether oxygens (including phenoxy) is 4. The van der Waals surface area contributed by atoms with Crippen LogP contribution in [0.5, 0.6) is 23.0 Å². The third-order valence-electron chi connectivity index (χ3n) is 10.7. The first-order valence-electron chi connectivity index (χ1n) is 21.2. The van der Waals surface area contributed by atoms with E-state index in [2.05, 4.69) is 158 Å². The largest absolute Gasteiger partial charge is 0.493 e. The predicted octanol–water partition coefficient (Wildman–Crippen LogP) is 7.06. The van der Waals surface area contributed by atoms with Gasteiger partial charge in [-0.1, -0.05) is 37.6 Å². The molecular formula is C60H40ClN2O8+. The van der Waals surface area contributed by atoms with Crippen LogP contribution in [0.1, 0.15) is 58.1 Å².